The maximum absolute atomic E-state index is 14.0. The van der Waals surface area contributed by atoms with Gasteiger partial charge in [-0.2, -0.15) is 25.5 Å². The maximum Gasteiger partial charge on any atom is 0.127 e. The van der Waals surface area contributed by atoms with Crippen LogP contribution < -0.4 is 0 Å². The summed E-state index contributed by atoms with van der Waals surface area (Å²) < 4.78 is 36.4. The fourth-order valence-corrected chi connectivity index (χ4v) is 12.9. The summed E-state index contributed by atoms with van der Waals surface area (Å²) in [5.41, 5.74) is 20.7. The fourth-order valence-electron chi connectivity index (χ4n) is 12.9. The van der Waals surface area contributed by atoms with Gasteiger partial charge in [-0.25, -0.2) is 0 Å². The van der Waals surface area contributed by atoms with Gasteiger partial charge in [0.2, 0.25) is 0 Å². The second kappa shape index (κ2) is 43.1. The molecule has 23 heteroatoms. The number of pyridine rings is 1. The first-order valence-corrected chi connectivity index (χ1v) is 36.3. The van der Waals surface area contributed by atoms with E-state index in [9.17, 15) is 8.78 Å². The second-order valence-electron chi connectivity index (χ2n) is 29.6. The Morgan fingerprint density at radius 1 is 0.368 bits per heavy atom. The Bertz CT molecular complexity index is 5390. The van der Waals surface area contributed by atoms with Crippen molar-refractivity contribution in [2.75, 3.05) is 0 Å². The molecule has 0 amide bonds. The smallest absolute Gasteiger partial charge is 0.127 e. The molecule has 0 fully saturated rings. The number of aryl methyl sites for hydroxylation is 6. The molecule has 0 saturated heterocycles. The van der Waals surface area contributed by atoms with Crippen molar-refractivity contribution >= 4 is 0 Å². The van der Waals surface area contributed by atoms with Crippen LogP contribution in [0.3, 0.4) is 0 Å². The molecule has 0 spiro atoms. The van der Waals surface area contributed by atoms with Crippen LogP contribution in [0.25, 0.3) is 107 Å². The van der Waals surface area contributed by atoms with Crippen molar-refractivity contribution in [2.24, 2.45) is 24.9 Å². The molecule has 5 radical (unpaired) electrons. The summed E-state index contributed by atoms with van der Waals surface area (Å²) in [5.74, 6) is 4.00. The van der Waals surface area contributed by atoms with Crippen molar-refractivity contribution in [1.82, 2.24) is 78.8 Å². The van der Waals surface area contributed by atoms with Crippen molar-refractivity contribution < 1.29 is 109 Å². The SMILES string of the molecule is CC(C)c1cc(F)c[c-]c1-c1ncnn1C.CC(C)c1ccc[c-]c1-c1ncnn1C.Cc1cccc(C)c1-c1cc(F)c[c-]c1-c1ncnn1CC(C)(C)C.Cc1cccc(C)c1-c1ncc[c-]c1-c1ncnn1CC(C)(C)C.[Ir].[Ir].[Ir].[Ir].[Ir].[c-]1cccc(-c2ccccc2)c1-c1ncnn1-c1ccccc1-c1ccccc1. The van der Waals surface area contributed by atoms with Crippen LogP contribution in [0.15, 0.2) is 226 Å². The summed E-state index contributed by atoms with van der Waals surface area (Å²) in [5, 5.41) is 21.4. The van der Waals surface area contributed by atoms with Crippen LogP contribution in [0.1, 0.15) is 114 Å². The molecule has 114 heavy (non-hydrogen) atoms. The molecule has 0 bridgehead atoms. The van der Waals surface area contributed by atoms with Gasteiger partial charge in [-0.3, -0.25) is 57.1 Å². The average Bonchev–Trinajstić information content (AvgIpc) is 1.35. The molecule has 0 atom stereocenters. The predicted octanol–water partition coefficient (Wildman–Crippen LogP) is 20.7. The topological polar surface area (TPSA) is 166 Å². The second-order valence-corrected chi connectivity index (χ2v) is 29.6. The van der Waals surface area contributed by atoms with Crippen LogP contribution in [0.5, 0.6) is 0 Å². The van der Waals surface area contributed by atoms with Gasteiger partial charge in [-0.1, -0.05) is 264 Å². The molecule has 9 aromatic carbocycles. The van der Waals surface area contributed by atoms with Crippen molar-refractivity contribution in [1.29, 1.82) is 0 Å². The average molecular weight is 2410 g/mol. The number of hydrogen-bond acceptors (Lipinski definition) is 11. The Morgan fingerprint density at radius 3 is 1.31 bits per heavy atom. The first-order valence-electron chi connectivity index (χ1n) is 36.3. The van der Waals surface area contributed by atoms with E-state index in [-0.39, 0.29) is 129 Å². The zero-order chi connectivity index (χ0) is 77.5. The molecule has 6 aromatic heterocycles. The van der Waals surface area contributed by atoms with E-state index in [2.05, 4.69) is 222 Å². The molecule has 16 nitrogen and oxygen atoms in total. The van der Waals surface area contributed by atoms with E-state index in [0.29, 0.717) is 17.6 Å². The molecule has 599 valence electrons. The Hall–Kier alpha value is -9.06. The van der Waals surface area contributed by atoms with E-state index in [0.717, 1.165) is 125 Å². The van der Waals surface area contributed by atoms with Crippen molar-refractivity contribution in [3.8, 4) is 107 Å². The van der Waals surface area contributed by atoms with Gasteiger partial charge < -0.3 is 4.98 Å². The van der Waals surface area contributed by atoms with Gasteiger partial charge in [0.15, 0.2) is 0 Å². The molecule has 15 rings (SSSR count). The Labute approximate surface area is 736 Å². The molecule has 0 aliphatic rings. The van der Waals surface area contributed by atoms with Crippen LogP contribution in [-0.4, -0.2) is 78.8 Å². The number of aromatic nitrogens is 16. The van der Waals surface area contributed by atoms with Gasteiger partial charge in [0.25, 0.3) is 0 Å². The molecule has 6 heterocycles. The van der Waals surface area contributed by atoms with Gasteiger partial charge in [0, 0.05) is 145 Å². The van der Waals surface area contributed by atoms with Crippen LogP contribution in [0.2, 0.25) is 0 Å². The minimum Gasteiger partial charge on any atom is -0.352 e. The fraction of sp³-hybridized carbons (Fsp3) is 0.242. The van der Waals surface area contributed by atoms with Crippen LogP contribution in [0.4, 0.5) is 8.78 Å². The van der Waals surface area contributed by atoms with Crippen molar-refractivity contribution in [3.05, 3.63) is 301 Å². The Morgan fingerprint density at radius 2 is 0.781 bits per heavy atom. The summed E-state index contributed by atoms with van der Waals surface area (Å²) in [6.45, 7) is 31.2. The number of halogens is 2. The molecule has 0 N–H and O–H groups in total. The van der Waals surface area contributed by atoms with E-state index >= 15 is 0 Å². The number of benzene rings is 9. The standard InChI is InChI=1S/C26H18N3.C21H23FN3.C20H23N4.C12H13FN3.C12H14N3.5Ir/c1-3-11-20(12-4-1)22-15-7-8-17-24(22)26-27-19-28-29(26)25-18-10-9-16-23(25)21-13-5-2-6-14-21;1-14-7-6-8-15(2)19(14)18-11-16(22)9-10-17(18)20-23-13-24-25(20)12-21(3,4)5;1-14-8-6-9-15(2)17(14)18-16(10-7-11-21-18)19-22-13-23-24(19)12-20(3,4)5;1-8(2)11-6-9(13)4-5-10(11)12-14-7-15-16(12)3;1-9(2)10-6-4-5-7-11(10)12-13-8-14-15(12)3;;;;;/h1-16,18-19H;6-9,11,13H,12H2,1-5H3;6-9,11,13H,12H2,1-5H3;4,6-8H,1-3H3;4-6,8-9H,1-3H3;;;;;/q5*-1;;;;;. The Balaban J connectivity index is 0.000000224. The normalized spacial score (nSPS) is 10.8. The molecule has 0 aliphatic heterocycles. The van der Waals surface area contributed by atoms with Gasteiger partial charge in [-0.05, 0) is 61.4 Å². The maximum atomic E-state index is 14.0. The van der Waals surface area contributed by atoms with E-state index in [4.69, 9.17) is 0 Å². The molecular formula is C91H91F2Ir5N16-5. The van der Waals surface area contributed by atoms with E-state index in [1.807, 2.05) is 153 Å². The molecule has 15 aromatic rings. The van der Waals surface area contributed by atoms with Gasteiger partial charge >= 0.3 is 0 Å². The first kappa shape index (κ1) is 93.8. The number of hydrogen-bond donors (Lipinski definition) is 0. The molecule has 0 saturated carbocycles. The molecule has 0 aliphatic carbocycles. The van der Waals surface area contributed by atoms with Crippen LogP contribution in [0, 0.1) is 80.5 Å². The minimum absolute atomic E-state index is 0. The van der Waals surface area contributed by atoms with E-state index in [1.54, 1.807) is 46.9 Å². The number of nitrogens with zero attached hydrogens (tertiary/aromatic N) is 16. The minimum atomic E-state index is -0.303. The monoisotopic (exact) mass is 2410 g/mol. The summed E-state index contributed by atoms with van der Waals surface area (Å²) in [7, 11) is 3.71. The largest absolute Gasteiger partial charge is 0.352 e. The molecular weight excluding hydrogens is 2320 g/mol. The zero-order valence-electron chi connectivity index (χ0n) is 66.5. The Kier molecular flexibility index (Phi) is 35.4. The summed E-state index contributed by atoms with van der Waals surface area (Å²) in [6, 6.07) is 77.0. The summed E-state index contributed by atoms with van der Waals surface area (Å²) >= 11 is 0. The predicted molar refractivity (Wildman–Crippen MR) is 430 cm³/mol. The third kappa shape index (κ3) is 23.6. The summed E-state index contributed by atoms with van der Waals surface area (Å²) in [6.07, 6.45) is 9.60. The number of para-hydroxylation sites is 1. The van der Waals surface area contributed by atoms with Crippen LogP contribution in [-0.2, 0) is 128 Å². The third-order valence-electron chi connectivity index (χ3n) is 17.9. The van der Waals surface area contributed by atoms with Crippen molar-refractivity contribution in [3.63, 3.8) is 0 Å². The van der Waals surface area contributed by atoms with Gasteiger partial charge in [0.05, 0.1) is 34.8 Å². The number of rotatable bonds is 14. The van der Waals surface area contributed by atoms with Crippen molar-refractivity contribution in [2.45, 2.75) is 122 Å². The quantitative estimate of drug-likeness (QED) is 0.0951. The van der Waals surface area contributed by atoms with Gasteiger partial charge in [0.1, 0.15) is 31.6 Å². The van der Waals surface area contributed by atoms with Gasteiger partial charge in [-0.15, -0.1) is 119 Å². The first-order chi connectivity index (χ1) is 52.3. The zero-order valence-corrected chi connectivity index (χ0v) is 78.5. The van der Waals surface area contributed by atoms with E-state index in [1.165, 1.54) is 41.2 Å². The van der Waals surface area contributed by atoms with Crippen LogP contribution >= 0.6 is 0 Å². The van der Waals surface area contributed by atoms with E-state index < -0.39 is 0 Å². The third-order valence-corrected chi connectivity index (χ3v) is 17.9. The molecule has 0 unspecified atom stereocenters. The summed E-state index contributed by atoms with van der Waals surface area (Å²) in [4.78, 5) is 26.6.